The fraction of sp³-hybridized carbons (Fsp3) is 0.143. The summed E-state index contributed by atoms with van der Waals surface area (Å²) in [7, 11) is 1.56. The predicted molar refractivity (Wildman–Crippen MR) is 116 cm³/mol. The van der Waals surface area contributed by atoms with Gasteiger partial charge in [-0.3, -0.25) is 4.79 Å². The van der Waals surface area contributed by atoms with Gasteiger partial charge in [-0.2, -0.15) is 5.10 Å². The molecule has 5 nitrogen and oxygen atoms in total. The number of hydrogen-bond acceptors (Lipinski definition) is 3. The van der Waals surface area contributed by atoms with Gasteiger partial charge in [0.2, 0.25) is 0 Å². The number of para-hydroxylation sites is 1. The molecular weight excluding hydrogens is 472 g/mol. The summed E-state index contributed by atoms with van der Waals surface area (Å²) in [5.41, 5.74) is 5.94. The van der Waals surface area contributed by atoms with Crippen LogP contribution >= 0.6 is 22.6 Å². The number of ether oxygens (including phenoxy) is 1. The summed E-state index contributed by atoms with van der Waals surface area (Å²) in [6.45, 7) is 3.78. The molecule has 7 heteroatoms. The Morgan fingerprint density at radius 2 is 1.96 bits per heavy atom. The van der Waals surface area contributed by atoms with Gasteiger partial charge in [0.15, 0.2) is 0 Å². The third-order valence-corrected chi connectivity index (χ3v) is 5.24. The molecule has 0 saturated carbocycles. The molecular formula is C21H19FIN3O2. The van der Waals surface area contributed by atoms with Gasteiger partial charge in [-0.15, -0.1) is 0 Å². The van der Waals surface area contributed by atoms with Crippen LogP contribution in [0.1, 0.15) is 27.3 Å². The quantitative estimate of drug-likeness (QED) is 0.322. The Labute approximate surface area is 176 Å². The lowest BCUT2D eigenvalue weighted by molar-refractivity contribution is 0.0954. The van der Waals surface area contributed by atoms with Gasteiger partial charge in [-0.1, -0.05) is 12.1 Å². The van der Waals surface area contributed by atoms with Crippen molar-refractivity contribution in [2.24, 2.45) is 5.10 Å². The molecule has 0 saturated heterocycles. The fourth-order valence-electron chi connectivity index (χ4n) is 2.95. The number of hydrogen-bond donors (Lipinski definition) is 1. The Morgan fingerprint density at radius 1 is 1.21 bits per heavy atom. The number of benzene rings is 2. The second-order valence-corrected chi connectivity index (χ2v) is 7.32. The average molecular weight is 491 g/mol. The number of nitrogens with zero attached hydrogens (tertiary/aromatic N) is 2. The minimum Gasteiger partial charge on any atom is -0.496 e. The van der Waals surface area contributed by atoms with E-state index in [9.17, 15) is 9.18 Å². The van der Waals surface area contributed by atoms with E-state index in [0.717, 1.165) is 20.5 Å². The maximum Gasteiger partial charge on any atom is 0.271 e. The molecule has 1 amide bonds. The van der Waals surface area contributed by atoms with Crippen LogP contribution in [0.5, 0.6) is 5.75 Å². The maximum atomic E-state index is 14.2. The van der Waals surface area contributed by atoms with Crippen LogP contribution in [0.2, 0.25) is 0 Å². The molecule has 0 spiro atoms. The second kappa shape index (κ2) is 8.55. The second-order valence-electron chi connectivity index (χ2n) is 6.16. The normalized spacial score (nSPS) is 11.0. The molecule has 28 heavy (non-hydrogen) atoms. The van der Waals surface area contributed by atoms with E-state index in [-0.39, 0.29) is 11.7 Å². The highest BCUT2D eigenvalue weighted by Crippen LogP contribution is 2.23. The Balaban J connectivity index is 1.79. The van der Waals surface area contributed by atoms with Gasteiger partial charge in [0, 0.05) is 22.5 Å². The van der Waals surface area contributed by atoms with Gasteiger partial charge in [-0.05, 0) is 72.8 Å². The molecule has 1 heterocycles. The summed E-state index contributed by atoms with van der Waals surface area (Å²) < 4.78 is 22.1. The minimum atomic E-state index is -0.339. The van der Waals surface area contributed by atoms with Crippen LogP contribution in [0.4, 0.5) is 4.39 Å². The molecule has 2 aromatic carbocycles. The van der Waals surface area contributed by atoms with Crippen molar-refractivity contribution < 1.29 is 13.9 Å². The van der Waals surface area contributed by atoms with Gasteiger partial charge < -0.3 is 9.30 Å². The SMILES string of the molecule is COc1cc(C(=O)N/N=C\c2cc(C)n(-c3ccccc3F)c2C)ccc1I. The number of halogens is 2. The summed E-state index contributed by atoms with van der Waals surface area (Å²) in [5.74, 6) is -0.00623. The molecule has 0 aliphatic carbocycles. The molecule has 3 aromatic rings. The van der Waals surface area contributed by atoms with Crippen LogP contribution in [0, 0.1) is 23.2 Å². The van der Waals surface area contributed by atoms with E-state index >= 15 is 0 Å². The third kappa shape index (κ3) is 4.09. The van der Waals surface area contributed by atoms with Crippen LogP contribution in [0.3, 0.4) is 0 Å². The first-order chi connectivity index (χ1) is 13.4. The zero-order chi connectivity index (χ0) is 20.3. The predicted octanol–water partition coefficient (Wildman–Crippen LogP) is 4.61. The summed E-state index contributed by atoms with van der Waals surface area (Å²) in [4.78, 5) is 12.3. The van der Waals surface area contributed by atoms with Crippen molar-refractivity contribution in [2.75, 3.05) is 7.11 Å². The van der Waals surface area contributed by atoms with Crippen LogP contribution in [0.25, 0.3) is 5.69 Å². The third-order valence-electron chi connectivity index (χ3n) is 4.35. The summed E-state index contributed by atoms with van der Waals surface area (Å²) >= 11 is 2.14. The highest BCUT2D eigenvalue weighted by molar-refractivity contribution is 14.1. The van der Waals surface area contributed by atoms with E-state index in [4.69, 9.17) is 4.74 Å². The fourth-order valence-corrected chi connectivity index (χ4v) is 3.50. The highest BCUT2D eigenvalue weighted by atomic mass is 127. The molecule has 0 unspecified atom stereocenters. The molecule has 0 radical (unpaired) electrons. The molecule has 0 fully saturated rings. The number of methoxy groups -OCH3 is 1. The van der Waals surface area contributed by atoms with Gasteiger partial charge in [-0.25, -0.2) is 9.82 Å². The van der Waals surface area contributed by atoms with Gasteiger partial charge in [0.25, 0.3) is 5.91 Å². The minimum absolute atomic E-state index is 0.297. The van der Waals surface area contributed by atoms with Crippen molar-refractivity contribution in [1.29, 1.82) is 0 Å². The Hall–Kier alpha value is -2.68. The van der Waals surface area contributed by atoms with Gasteiger partial charge in [0.1, 0.15) is 11.6 Å². The Kier molecular flexibility index (Phi) is 6.13. The molecule has 144 valence electrons. The molecule has 1 aromatic heterocycles. The topological polar surface area (TPSA) is 55.6 Å². The zero-order valence-electron chi connectivity index (χ0n) is 15.7. The van der Waals surface area contributed by atoms with Gasteiger partial charge >= 0.3 is 0 Å². The maximum absolute atomic E-state index is 14.2. The zero-order valence-corrected chi connectivity index (χ0v) is 17.8. The first kappa shape index (κ1) is 20.1. The van der Waals surface area contributed by atoms with E-state index in [1.165, 1.54) is 6.07 Å². The molecule has 3 rings (SSSR count). The molecule has 0 aliphatic rings. The van der Waals surface area contributed by atoms with Crippen molar-refractivity contribution in [3.05, 3.63) is 80.4 Å². The Bertz CT molecular complexity index is 1060. The van der Waals surface area contributed by atoms with E-state index < -0.39 is 0 Å². The number of nitrogens with one attached hydrogen (secondary N) is 1. The van der Waals surface area contributed by atoms with Crippen LogP contribution in [-0.4, -0.2) is 23.8 Å². The Morgan fingerprint density at radius 3 is 2.68 bits per heavy atom. The van der Waals surface area contributed by atoms with Crippen molar-refractivity contribution in [3.63, 3.8) is 0 Å². The number of aryl methyl sites for hydroxylation is 1. The van der Waals surface area contributed by atoms with Crippen LogP contribution < -0.4 is 10.2 Å². The van der Waals surface area contributed by atoms with Gasteiger partial charge in [0.05, 0.1) is 22.6 Å². The standard InChI is InChI=1S/C21H19FIN3O2/c1-13-10-16(14(2)26(13)19-7-5-4-6-17(19)22)12-24-25-21(27)15-8-9-18(23)20(11-15)28-3/h4-12H,1-3H3,(H,25,27)/b24-12-. The molecule has 0 atom stereocenters. The number of carbonyl (C=O) groups is 1. The summed E-state index contributed by atoms with van der Waals surface area (Å²) in [5, 5.41) is 4.05. The lowest BCUT2D eigenvalue weighted by Gasteiger charge is -2.10. The lowest BCUT2D eigenvalue weighted by Crippen LogP contribution is -2.17. The van der Waals surface area contributed by atoms with E-state index in [2.05, 4.69) is 33.1 Å². The average Bonchev–Trinajstić information content (AvgIpc) is 2.96. The van der Waals surface area contributed by atoms with Crippen LogP contribution in [-0.2, 0) is 0 Å². The number of carbonyl (C=O) groups excluding carboxylic acids is 1. The lowest BCUT2D eigenvalue weighted by atomic mass is 10.2. The smallest absolute Gasteiger partial charge is 0.271 e. The highest BCUT2D eigenvalue weighted by Gasteiger charge is 2.13. The summed E-state index contributed by atoms with van der Waals surface area (Å²) in [6, 6.07) is 13.7. The van der Waals surface area contributed by atoms with Crippen molar-refractivity contribution in [3.8, 4) is 11.4 Å². The molecule has 1 N–H and O–H groups in total. The largest absolute Gasteiger partial charge is 0.496 e. The van der Waals surface area contributed by atoms with Crippen LogP contribution in [0.15, 0.2) is 53.6 Å². The number of amides is 1. The van der Waals surface area contributed by atoms with Crippen molar-refractivity contribution >= 4 is 34.7 Å². The van der Waals surface area contributed by atoms with E-state index in [1.807, 2.05) is 24.5 Å². The number of hydrazone groups is 1. The monoisotopic (exact) mass is 491 g/mol. The summed E-state index contributed by atoms with van der Waals surface area (Å²) in [6.07, 6.45) is 1.56. The first-order valence-corrected chi connectivity index (χ1v) is 9.61. The first-order valence-electron chi connectivity index (χ1n) is 8.53. The van der Waals surface area contributed by atoms with E-state index in [0.29, 0.717) is 17.0 Å². The molecule has 0 bridgehead atoms. The number of aromatic nitrogens is 1. The van der Waals surface area contributed by atoms with Crippen molar-refractivity contribution in [1.82, 2.24) is 9.99 Å². The number of rotatable bonds is 5. The van der Waals surface area contributed by atoms with Crippen molar-refractivity contribution in [2.45, 2.75) is 13.8 Å². The molecule has 0 aliphatic heterocycles. The van der Waals surface area contributed by atoms with E-state index in [1.54, 1.807) is 49.7 Å².